The molecule has 0 saturated heterocycles. The first-order valence-electron chi connectivity index (χ1n) is 8.77. The highest BCUT2D eigenvalue weighted by atomic mass is 19.1. The number of nitrogens with zero attached hydrogens (tertiary/aromatic N) is 2. The van der Waals surface area contributed by atoms with Crippen molar-refractivity contribution < 1.29 is 13.9 Å². The first-order chi connectivity index (χ1) is 12.5. The van der Waals surface area contributed by atoms with Gasteiger partial charge in [-0.2, -0.15) is 5.10 Å². The van der Waals surface area contributed by atoms with Crippen LogP contribution in [0.25, 0.3) is 22.3 Å². The zero-order valence-corrected chi connectivity index (χ0v) is 14.4. The Morgan fingerprint density at radius 2 is 1.85 bits per heavy atom. The molecule has 2 N–H and O–H groups in total. The van der Waals surface area contributed by atoms with E-state index in [1.807, 2.05) is 0 Å². The second-order valence-electron chi connectivity index (χ2n) is 6.82. The molecule has 1 aliphatic carbocycles. The Kier molecular flexibility index (Phi) is 4.01. The Bertz CT molecular complexity index is 1030. The molecule has 1 fully saturated rings. The van der Waals surface area contributed by atoms with Gasteiger partial charge in [0.2, 0.25) is 5.43 Å². The molecule has 0 bridgehead atoms. The molecule has 7 heteroatoms. The van der Waals surface area contributed by atoms with Crippen molar-refractivity contribution in [2.24, 2.45) is 0 Å². The molecule has 2 aromatic heterocycles. The molecule has 0 unspecified atom stereocenters. The monoisotopic (exact) mass is 359 g/mol. The number of aryl methyl sites for hydroxylation is 1. The van der Waals surface area contributed by atoms with E-state index in [1.165, 1.54) is 6.07 Å². The van der Waals surface area contributed by atoms with Crippen LogP contribution in [0.1, 0.15) is 43.8 Å². The van der Waals surface area contributed by atoms with Crippen LogP contribution in [0.3, 0.4) is 0 Å². The van der Waals surface area contributed by atoms with E-state index in [4.69, 9.17) is 0 Å². The maximum Gasteiger partial charge on any atom is 0.235 e. The summed E-state index contributed by atoms with van der Waals surface area (Å²) in [5, 5.41) is 15.1. The van der Waals surface area contributed by atoms with Crippen LogP contribution in [0, 0.1) is 18.6 Å². The number of hydrogen-bond acceptors (Lipinski definition) is 3. The second kappa shape index (κ2) is 6.23. The van der Waals surface area contributed by atoms with Crippen LogP contribution in [-0.4, -0.2) is 19.9 Å². The average Bonchev–Trinajstić information content (AvgIpc) is 2.96. The van der Waals surface area contributed by atoms with E-state index in [9.17, 15) is 18.7 Å². The van der Waals surface area contributed by atoms with Gasteiger partial charge in [0, 0.05) is 0 Å². The van der Waals surface area contributed by atoms with Gasteiger partial charge in [-0.15, -0.1) is 0 Å². The molecule has 26 heavy (non-hydrogen) atoms. The van der Waals surface area contributed by atoms with Gasteiger partial charge < -0.3 is 10.1 Å². The molecule has 0 spiro atoms. The Labute approximate surface area is 148 Å². The van der Waals surface area contributed by atoms with Crippen LogP contribution >= 0.6 is 0 Å². The van der Waals surface area contributed by atoms with Crippen molar-refractivity contribution in [3.05, 3.63) is 45.8 Å². The fourth-order valence-electron chi connectivity index (χ4n) is 3.86. The zero-order valence-electron chi connectivity index (χ0n) is 14.4. The Morgan fingerprint density at radius 3 is 2.50 bits per heavy atom. The van der Waals surface area contributed by atoms with E-state index in [1.54, 1.807) is 11.6 Å². The summed E-state index contributed by atoms with van der Waals surface area (Å²) >= 11 is 0. The average molecular weight is 359 g/mol. The number of aromatic amines is 1. The van der Waals surface area contributed by atoms with Crippen molar-refractivity contribution in [1.29, 1.82) is 0 Å². The van der Waals surface area contributed by atoms with Crippen LogP contribution in [0.4, 0.5) is 8.78 Å². The molecular weight excluding hydrogens is 340 g/mol. The smallest absolute Gasteiger partial charge is 0.235 e. The van der Waals surface area contributed by atoms with Gasteiger partial charge in [-0.3, -0.25) is 4.79 Å². The number of hydrogen-bond donors (Lipinski definition) is 2. The molecule has 1 aliphatic rings. The highest BCUT2D eigenvalue weighted by molar-refractivity contribution is 5.84. The number of pyridine rings is 1. The first kappa shape index (κ1) is 16.8. The van der Waals surface area contributed by atoms with E-state index < -0.39 is 28.4 Å². The molecular formula is C19H19F2N3O2. The number of aromatic hydroxyl groups is 1. The van der Waals surface area contributed by atoms with E-state index in [0.717, 1.165) is 44.2 Å². The summed E-state index contributed by atoms with van der Waals surface area (Å²) < 4.78 is 30.2. The third-order valence-corrected chi connectivity index (χ3v) is 5.14. The molecule has 2 heterocycles. The number of benzene rings is 1. The number of nitrogens with one attached hydrogen (secondary N) is 1. The fourth-order valence-corrected chi connectivity index (χ4v) is 3.86. The summed E-state index contributed by atoms with van der Waals surface area (Å²) in [6, 6.07) is 3.53. The third-order valence-electron chi connectivity index (χ3n) is 5.14. The van der Waals surface area contributed by atoms with Gasteiger partial charge in [0.15, 0.2) is 5.75 Å². The topological polar surface area (TPSA) is 70.9 Å². The van der Waals surface area contributed by atoms with Crippen LogP contribution in [-0.2, 0) is 0 Å². The minimum absolute atomic E-state index is 0.124. The van der Waals surface area contributed by atoms with E-state index in [0.29, 0.717) is 11.3 Å². The SMILES string of the molecule is Cc1nn(C2CCCCC2)c2[nH]c(-c3c(F)cccc3F)c(O)c(=O)c12. The summed E-state index contributed by atoms with van der Waals surface area (Å²) in [6.45, 7) is 1.69. The lowest BCUT2D eigenvalue weighted by molar-refractivity contribution is 0.335. The molecule has 1 saturated carbocycles. The third kappa shape index (κ3) is 2.50. The predicted molar refractivity (Wildman–Crippen MR) is 94.2 cm³/mol. The molecule has 0 amide bonds. The normalized spacial score (nSPS) is 15.7. The van der Waals surface area contributed by atoms with Gasteiger partial charge >= 0.3 is 0 Å². The predicted octanol–water partition coefficient (Wildman–Crippen LogP) is 4.19. The van der Waals surface area contributed by atoms with E-state index >= 15 is 0 Å². The van der Waals surface area contributed by atoms with Crippen molar-refractivity contribution in [3.8, 4) is 17.0 Å². The van der Waals surface area contributed by atoms with Crippen molar-refractivity contribution in [2.45, 2.75) is 45.1 Å². The van der Waals surface area contributed by atoms with Crippen LogP contribution in [0.5, 0.6) is 5.75 Å². The number of halogens is 2. The lowest BCUT2D eigenvalue weighted by Crippen LogP contribution is -2.15. The zero-order chi connectivity index (χ0) is 18.4. The van der Waals surface area contributed by atoms with E-state index in [-0.39, 0.29) is 17.1 Å². The molecule has 0 aliphatic heterocycles. The van der Waals surface area contributed by atoms with Crippen molar-refractivity contribution >= 4 is 11.0 Å². The van der Waals surface area contributed by atoms with Crippen LogP contribution in [0.15, 0.2) is 23.0 Å². The summed E-state index contributed by atoms with van der Waals surface area (Å²) in [5.74, 6) is -2.40. The first-order valence-corrected chi connectivity index (χ1v) is 8.77. The van der Waals surface area contributed by atoms with Gasteiger partial charge in [0.05, 0.1) is 28.4 Å². The minimum Gasteiger partial charge on any atom is -0.503 e. The summed E-state index contributed by atoms with van der Waals surface area (Å²) in [5.41, 5.74) is -0.485. The lowest BCUT2D eigenvalue weighted by Gasteiger charge is -2.22. The van der Waals surface area contributed by atoms with Gasteiger partial charge in [-0.05, 0) is 31.9 Å². The van der Waals surface area contributed by atoms with Crippen molar-refractivity contribution in [1.82, 2.24) is 14.8 Å². The second-order valence-corrected chi connectivity index (χ2v) is 6.82. The maximum absolute atomic E-state index is 14.2. The number of fused-ring (bicyclic) bond motifs is 1. The Balaban J connectivity index is 2.01. The molecule has 1 aromatic carbocycles. The van der Waals surface area contributed by atoms with Crippen LogP contribution < -0.4 is 5.43 Å². The minimum atomic E-state index is -0.851. The van der Waals surface area contributed by atoms with Gasteiger partial charge in [-0.25, -0.2) is 13.5 Å². The van der Waals surface area contributed by atoms with Crippen molar-refractivity contribution in [3.63, 3.8) is 0 Å². The maximum atomic E-state index is 14.2. The molecule has 5 nitrogen and oxygen atoms in total. The Hall–Kier alpha value is -2.70. The highest BCUT2D eigenvalue weighted by Crippen LogP contribution is 2.34. The quantitative estimate of drug-likeness (QED) is 0.721. The number of rotatable bonds is 2. The largest absolute Gasteiger partial charge is 0.503 e. The highest BCUT2D eigenvalue weighted by Gasteiger charge is 2.25. The molecule has 0 radical (unpaired) electrons. The fraction of sp³-hybridized carbons (Fsp3) is 0.368. The summed E-state index contributed by atoms with van der Waals surface area (Å²) in [7, 11) is 0. The van der Waals surface area contributed by atoms with Gasteiger partial charge in [0.25, 0.3) is 0 Å². The molecule has 4 rings (SSSR count). The summed E-state index contributed by atoms with van der Waals surface area (Å²) in [4.78, 5) is 15.6. The molecule has 3 aromatic rings. The van der Waals surface area contributed by atoms with E-state index in [2.05, 4.69) is 10.1 Å². The standard InChI is InChI=1S/C19H19F2N3O2/c1-10-14-17(25)18(26)16(15-12(20)8-5-9-13(15)21)22-19(14)24(23-10)11-6-3-2-4-7-11/h5,8-9,11,26H,2-4,6-7H2,1H3,(H,22,25). The molecule has 0 atom stereocenters. The summed E-state index contributed by atoms with van der Waals surface area (Å²) in [6.07, 6.45) is 5.17. The van der Waals surface area contributed by atoms with Gasteiger partial charge in [0.1, 0.15) is 17.3 Å². The van der Waals surface area contributed by atoms with Crippen molar-refractivity contribution in [2.75, 3.05) is 0 Å². The molecule has 136 valence electrons. The number of H-pyrrole nitrogens is 1. The Morgan fingerprint density at radius 1 is 1.19 bits per heavy atom. The lowest BCUT2D eigenvalue weighted by atomic mass is 9.96. The number of aromatic nitrogens is 3. The van der Waals surface area contributed by atoms with Gasteiger partial charge in [-0.1, -0.05) is 25.3 Å². The van der Waals surface area contributed by atoms with Crippen LogP contribution in [0.2, 0.25) is 0 Å².